The van der Waals surface area contributed by atoms with Crippen molar-refractivity contribution < 1.29 is 19.0 Å². The van der Waals surface area contributed by atoms with Gasteiger partial charge in [0, 0.05) is 21.9 Å². The Morgan fingerprint density at radius 1 is 1.03 bits per heavy atom. The minimum absolute atomic E-state index is 0.317. The molecule has 0 unspecified atom stereocenters. The molecule has 3 rings (SSSR count). The number of hydrogen-bond donors (Lipinski definition) is 1. The number of ether oxygens (including phenoxy) is 3. The second-order valence-corrected chi connectivity index (χ2v) is 10.2. The molecule has 0 spiro atoms. The molecule has 6 nitrogen and oxygen atoms in total. The molecule has 1 N–H and O–H groups in total. The number of methoxy groups -OCH3 is 2. The van der Waals surface area contributed by atoms with Gasteiger partial charge in [0.1, 0.15) is 17.1 Å². The highest BCUT2D eigenvalue weighted by molar-refractivity contribution is 7.99. The SMILES string of the molecule is CCCCCCN1c2ccc(OC)cc2Sc2c1ccc(OC)c2CNC(=O)OC(C)(C)C. The monoisotopic (exact) mass is 472 g/mol. The van der Waals surface area contributed by atoms with Crippen molar-refractivity contribution in [1.82, 2.24) is 5.32 Å². The Labute approximate surface area is 202 Å². The number of anilines is 2. The molecule has 1 heterocycles. The summed E-state index contributed by atoms with van der Waals surface area (Å²) in [5.74, 6) is 1.57. The van der Waals surface area contributed by atoms with Crippen LogP contribution in [0.25, 0.3) is 0 Å². The van der Waals surface area contributed by atoms with Gasteiger partial charge >= 0.3 is 6.09 Å². The minimum Gasteiger partial charge on any atom is -0.497 e. The van der Waals surface area contributed by atoms with Crippen molar-refractivity contribution in [2.75, 3.05) is 25.7 Å². The first-order valence-corrected chi connectivity index (χ1v) is 12.4. The predicted molar refractivity (Wildman–Crippen MR) is 134 cm³/mol. The molecule has 0 saturated heterocycles. The van der Waals surface area contributed by atoms with Gasteiger partial charge in [-0.05, 0) is 57.5 Å². The van der Waals surface area contributed by atoms with Gasteiger partial charge in [-0.15, -0.1) is 0 Å². The third-order valence-electron chi connectivity index (χ3n) is 5.42. The fraction of sp³-hybridized carbons (Fsp3) is 0.500. The second-order valence-electron chi connectivity index (χ2n) is 9.10. The zero-order valence-electron chi connectivity index (χ0n) is 20.6. The van der Waals surface area contributed by atoms with Crippen molar-refractivity contribution in [3.8, 4) is 11.5 Å². The Kier molecular flexibility index (Phi) is 8.40. The molecule has 0 radical (unpaired) electrons. The summed E-state index contributed by atoms with van der Waals surface area (Å²) >= 11 is 1.69. The number of nitrogens with zero attached hydrogens (tertiary/aromatic N) is 1. The summed E-state index contributed by atoms with van der Waals surface area (Å²) in [7, 11) is 3.34. The Bertz CT molecular complexity index is 971. The van der Waals surface area contributed by atoms with Gasteiger partial charge in [0.15, 0.2) is 0 Å². The summed E-state index contributed by atoms with van der Waals surface area (Å²) in [5.41, 5.74) is 2.71. The molecular weight excluding hydrogens is 436 g/mol. The number of amides is 1. The largest absolute Gasteiger partial charge is 0.497 e. The van der Waals surface area contributed by atoms with E-state index in [1.807, 2.05) is 32.9 Å². The number of alkyl carbamates (subject to hydrolysis) is 1. The van der Waals surface area contributed by atoms with Crippen LogP contribution in [0.5, 0.6) is 11.5 Å². The van der Waals surface area contributed by atoms with Gasteiger partial charge in [-0.25, -0.2) is 4.79 Å². The van der Waals surface area contributed by atoms with E-state index >= 15 is 0 Å². The lowest BCUT2D eigenvalue weighted by Gasteiger charge is -2.34. The van der Waals surface area contributed by atoms with Crippen LogP contribution in [0.3, 0.4) is 0 Å². The standard InChI is InChI=1S/C26H36N2O4S/c1-7-8-9-10-15-28-20-12-11-18(30-5)16-23(20)33-24-19(22(31-6)14-13-21(24)28)17-27-25(29)32-26(2,3)4/h11-14,16H,7-10,15,17H2,1-6H3,(H,27,29). The molecule has 180 valence electrons. The lowest BCUT2D eigenvalue weighted by atomic mass is 10.1. The summed E-state index contributed by atoms with van der Waals surface area (Å²) in [6.07, 6.45) is 4.31. The van der Waals surface area contributed by atoms with Crippen LogP contribution in [0, 0.1) is 0 Å². The molecular formula is C26H36N2O4S. The van der Waals surface area contributed by atoms with E-state index in [9.17, 15) is 4.79 Å². The normalized spacial score (nSPS) is 12.6. The van der Waals surface area contributed by atoms with Crippen molar-refractivity contribution in [3.05, 3.63) is 35.9 Å². The molecule has 0 aromatic heterocycles. The van der Waals surface area contributed by atoms with Crippen molar-refractivity contribution in [3.63, 3.8) is 0 Å². The zero-order chi connectivity index (χ0) is 24.0. The minimum atomic E-state index is -0.552. The van der Waals surface area contributed by atoms with Gasteiger partial charge in [0.25, 0.3) is 0 Å². The molecule has 0 bridgehead atoms. The average molecular weight is 473 g/mol. The maximum atomic E-state index is 12.3. The highest BCUT2D eigenvalue weighted by Crippen LogP contribution is 2.52. The molecule has 33 heavy (non-hydrogen) atoms. The third kappa shape index (κ3) is 6.28. The number of carbonyl (C=O) groups is 1. The number of benzene rings is 2. The van der Waals surface area contributed by atoms with Crippen molar-refractivity contribution in [2.45, 2.75) is 75.3 Å². The molecule has 1 amide bonds. The third-order valence-corrected chi connectivity index (χ3v) is 6.63. The van der Waals surface area contributed by atoms with E-state index in [4.69, 9.17) is 14.2 Å². The summed E-state index contributed by atoms with van der Waals surface area (Å²) < 4.78 is 16.6. The molecule has 2 aromatic rings. The van der Waals surface area contributed by atoms with E-state index in [2.05, 4.69) is 35.3 Å². The van der Waals surface area contributed by atoms with Crippen LogP contribution in [0.2, 0.25) is 0 Å². The van der Waals surface area contributed by atoms with Gasteiger partial charge in [-0.3, -0.25) is 0 Å². The summed E-state index contributed by atoms with van der Waals surface area (Å²) in [4.78, 5) is 16.9. The first kappa shape index (κ1) is 25.1. The van der Waals surface area contributed by atoms with Crippen molar-refractivity contribution in [1.29, 1.82) is 0 Å². The molecule has 1 aliphatic rings. The van der Waals surface area contributed by atoms with E-state index in [-0.39, 0.29) is 0 Å². The van der Waals surface area contributed by atoms with Gasteiger partial charge < -0.3 is 24.4 Å². The second kappa shape index (κ2) is 11.1. The topological polar surface area (TPSA) is 60.0 Å². The summed E-state index contributed by atoms with van der Waals surface area (Å²) in [6.45, 7) is 9.04. The first-order chi connectivity index (χ1) is 15.8. The highest BCUT2D eigenvalue weighted by Gasteiger charge is 2.28. The maximum absolute atomic E-state index is 12.3. The molecule has 0 fully saturated rings. The van der Waals surface area contributed by atoms with E-state index < -0.39 is 11.7 Å². The van der Waals surface area contributed by atoms with E-state index in [0.29, 0.717) is 6.54 Å². The Morgan fingerprint density at radius 3 is 2.45 bits per heavy atom. The maximum Gasteiger partial charge on any atom is 0.407 e. The molecule has 2 aromatic carbocycles. The number of hydrogen-bond acceptors (Lipinski definition) is 6. The average Bonchev–Trinajstić information content (AvgIpc) is 2.77. The van der Waals surface area contributed by atoms with Crippen molar-refractivity contribution >= 4 is 29.2 Å². The van der Waals surface area contributed by atoms with Crippen molar-refractivity contribution in [2.24, 2.45) is 0 Å². The van der Waals surface area contributed by atoms with Crippen LogP contribution in [0.4, 0.5) is 16.2 Å². The predicted octanol–water partition coefficient (Wildman–Crippen LogP) is 6.91. The Balaban J connectivity index is 1.96. The first-order valence-electron chi connectivity index (χ1n) is 11.6. The molecule has 0 atom stereocenters. The van der Waals surface area contributed by atoms with Crippen LogP contribution in [-0.2, 0) is 11.3 Å². The number of nitrogens with one attached hydrogen (secondary N) is 1. The quantitative estimate of drug-likeness (QED) is 0.400. The molecule has 0 saturated carbocycles. The van der Waals surface area contributed by atoms with Gasteiger partial charge in [0.05, 0.1) is 32.1 Å². The fourth-order valence-electron chi connectivity index (χ4n) is 3.86. The zero-order valence-corrected chi connectivity index (χ0v) is 21.4. The van der Waals surface area contributed by atoms with Crippen LogP contribution in [0.15, 0.2) is 40.1 Å². The molecule has 0 aliphatic carbocycles. The van der Waals surface area contributed by atoms with Gasteiger partial charge in [0.2, 0.25) is 0 Å². The Hall–Kier alpha value is -2.54. The van der Waals surface area contributed by atoms with Gasteiger partial charge in [-0.1, -0.05) is 37.9 Å². The summed E-state index contributed by atoms with van der Waals surface area (Å²) in [5, 5.41) is 2.90. The van der Waals surface area contributed by atoms with E-state index in [1.54, 1.807) is 26.0 Å². The smallest absolute Gasteiger partial charge is 0.407 e. The molecule has 1 aliphatic heterocycles. The van der Waals surface area contributed by atoms with E-state index in [0.717, 1.165) is 45.5 Å². The number of unbranched alkanes of at least 4 members (excludes halogenated alkanes) is 3. The highest BCUT2D eigenvalue weighted by atomic mass is 32.2. The molecule has 7 heteroatoms. The number of carbonyl (C=O) groups excluding carboxylic acids is 1. The van der Waals surface area contributed by atoms with E-state index in [1.165, 1.54) is 24.9 Å². The van der Waals surface area contributed by atoms with Crippen LogP contribution in [0.1, 0.15) is 58.9 Å². The number of fused-ring (bicyclic) bond motifs is 2. The fourth-order valence-corrected chi connectivity index (χ4v) is 5.12. The van der Waals surface area contributed by atoms with Crippen LogP contribution < -0.4 is 19.7 Å². The van der Waals surface area contributed by atoms with Gasteiger partial charge in [-0.2, -0.15) is 0 Å². The summed E-state index contributed by atoms with van der Waals surface area (Å²) in [6, 6.07) is 10.3. The lowest BCUT2D eigenvalue weighted by molar-refractivity contribution is 0.0523. The number of rotatable bonds is 9. The lowest BCUT2D eigenvalue weighted by Crippen LogP contribution is -2.32. The van der Waals surface area contributed by atoms with Crippen LogP contribution in [-0.4, -0.2) is 32.5 Å². The Morgan fingerprint density at radius 2 is 1.79 bits per heavy atom. The van der Waals surface area contributed by atoms with Crippen LogP contribution >= 0.6 is 11.8 Å².